The van der Waals surface area contributed by atoms with E-state index in [2.05, 4.69) is 14.9 Å². The number of hydrogen-bond donors (Lipinski definition) is 2. The Labute approximate surface area is 153 Å². The van der Waals surface area contributed by atoms with E-state index in [4.69, 9.17) is 15.0 Å². The maximum atomic E-state index is 12.7. The summed E-state index contributed by atoms with van der Waals surface area (Å²) in [5.41, 5.74) is 5.67. The van der Waals surface area contributed by atoms with E-state index in [1.54, 1.807) is 12.1 Å². The number of aromatic nitrogens is 2. The van der Waals surface area contributed by atoms with Crippen LogP contribution in [0.2, 0.25) is 0 Å². The van der Waals surface area contributed by atoms with E-state index in [1.165, 1.54) is 19.2 Å². The molecular weight excluding hydrogens is 356 g/mol. The van der Waals surface area contributed by atoms with Crippen LogP contribution in [0.3, 0.4) is 0 Å². The smallest absolute Gasteiger partial charge is 0.245 e. The van der Waals surface area contributed by atoms with Crippen molar-refractivity contribution in [1.82, 2.24) is 14.9 Å². The first-order valence-electron chi connectivity index (χ1n) is 8.54. The highest BCUT2D eigenvalue weighted by molar-refractivity contribution is 7.89. The van der Waals surface area contributed by atoms with Gasteiger partial charge in [0, 0.05) is 0 Å². The predicted molar refractivity (Wildman–Crippen MR) is 94.9 cm³/mol. The maximum Gasteiger partial charge on any atom is 0.245 e. The Morgan fingerprint density at radius 2 is 1.92 bits per heavy atom. The Hall–Kier alpha value is -1.97. The number of nitrogens with one attached hydrogen (secondary N) is 1. The van der Waals surface area contributed by atoms with Crippen molar-refractivity contribution in [3.63, 3.8) is 0 Å². The number of sulfonamides is 1. The lowest BCUT2D eigenvalue weighted by Crippen LogP contribution is -2.44. The Bertz CT molecular complexity index is 857. The molecule has 0 saturated heterocycles. The third-order valence-corrected chi connectivity index (χ3v) is 6.17. The summed E-state index contributed by atoms with van der Waals surface area (Å²) in [6, 6.07) is 5.52. The Kier molecular flexibility index (Phi) is 5.05. The van der Waals surface area contributed by atoms with E-state index in [0.29, 0.717) is 11.6 Å². The van der Waals surface area contributed by atoms with Crippen molar-refractivity contribution in [3.05, 3.63) is 36.0 Å². The van der Waals surface area contributed by atoms with Gasteiger partial charge in [-0.1, -0.05) is 19.0 Å². The summed E-state index contributed by atoms with van der Waals surface area (Å²) < 4.78 is 38.5. The van der Waals surface area contributed by atoms with Gasteiger partial charge >= 0.3 is 0 Å². The van der Waals surface area contributed by atoms with Crippen molar-refractivity contribution >= 4 is 10.0 Å². The van der Waals surface area contributed by atoms with Crippen molar-refractivity contribution in [2.24, 2.45) is 11.7 Å². The molecule has 3 rings (SSSR count). The molecule has 3 N–H and O–H groups in total. The first-order chi connectivity index (χ1) is 12.2. The summed E-state index contributed by atoms with van der Waals surface area (Å²) in [4.78, 5) is 4.52. The van der Waals surface area contributed by atoms with E-state index in [-0.39, 0.29) is 16.7 Å². The zero-order valence-corrected chi connectivity index (χ0v) is 15.9. The highest BCUT2D eigenvalue weighted by Gasteiger charge is 2.40. The van der Waals surface area contributed by atoms with Crippen LogP contribution in [0.15, 0.2) is 33.7 Å². The van der Waals surface area contributed by atoms with Crippen LogP contribution >= 0.6 is 0 Å². The first-order valence-corrected chi connectivity index (χ1v) is 10.0. The molecule has 1 heterocycles. The predicted octanol–water partition coefficient (Wildman–Crippen LogP) is 2.09. The largest absolute Gasteiger partial charge is 0.497 e. The molecule has 26 heavy (non-hydrogen) atoms. The third kappa shape index (κ3) is 3.60. The van der Waals surface area contributed by atoms with Crippen LogP contribution in [0, 0.1) is 5.92 Å². The third-order valence-electron chi connectivity index (χ3n) is 4.72. The lowest BCUT2D eigenvalue weighted by Gasteiger charge is -2.34. The van der Waals surface area contributed by atoms with Crippen molar-refractivity contribution in [2.75, 3.05) is 7.11 Å². The molecule has 1 aliphatic rings. The van der Waals surface area contributed by atoms with Gasteiger partial charge < -0.3 is 15.0 Å². The zero-order chi connectivity index (χ0) is 18.9. The molecule has 1 unspecified atom stereocenters. The summed E-state index contributed by atoms with van der Waals surface area (Å²) in [5.74, 6) is 1.16. The fraction of sp³-hybridized carbons (Fsp3) is 0.529. The second-order valence-electron chi connectivity index (χ2n) is 6.98. The number of benzene rings is 1. The molecule has 0 amide bonds. The Morgan fingerprint density at radius 1 is 1.27 bits per heavy atom. The van der Waals surface area contributed by atoms with Crippen molar-refractivity contribution in [1.29, 1.82) is 0 Å². The summed E-state index contributed by atoms with van der Waals surface area (Å²) in [5, 5.41) is 3.98. The van der Waals surface area contributed by atoms with Crippen LogP contribution in [0.4, 0.5) is 0 Å². The zero-order valence-electron chi connectivity index (χ0n) is 15.1. The normalized spacial score (nSPS) is 17.7. The van der Waals surface area contributed by atoms with Gasteiger partial charge in [-0.15, -0.1) is 0 Å². The molecule has 1 aromatic heterocycles. The van der Waals surface area contributed by atoms with Gasteiger partial charge in [-0.05, 0) is 49.4 Å². The molecule has 2 aromatic rings. The monoisotopic (exact) mass is 380 g/mol. The fourth-order valence-corrected chi connectivity index (χ4v) is 4.14. The quantitative estimate of drug-likeness (QED) is 0.754. The maximum absolute atomic E-state index is 12.7. The lowest BCUT2D eigenvalue weighted by atomic mass is 9.77. The van der Waals surface area contributed by atoms with Gasteiger partial charge in [0.1, 0.15) is 11.8 Å². The molecule has 9 heteroatoms. The topological polar surface area (TPSA) is 120 Å². The molecule has 1 aromatic carbocycles. The molecule has 0 spiro atoms. The number of nitrogens with two attached hydrogens (primary N) is 1. The minimum absolute atomic E-state index is 0.0913. The molecule has 1 fully saturated rings. The molecule has 1 atom stereocenters. The molecule has 0 aliphatic heterocycles. The van der Waals surface area contributed by atoms with Gasteiger partial charge in [0.05, 0.1) is 17.5 Å². The van der Waals surface area contributed by atoms with Gasteiger partial charge in [0.15, 0.2) is 5.82 Å². The fourth-order valence-electron chi connectivity index (χ4n) is 2.81. The molecule has 0 bridgehead atoms. The highest BCUT2D eigenvalue weighted by atomic mass is 32.2. The van der Waals surface area contributed by atoms with Crippen LogP contribution in [0.25, 0.3) is 0 Å². The van der Waals surface area contributed by atoms with Crippen LogP contribution in [-0.2, 0) is 15.6 Å². The second-order valence-corrected chi connectivity index (χ2v) is 8.70. The van der Waals surface area contributed by atoms with Crippen LogP contribution in [0.5, 0.6) is 5.75 Å². The van der Waals surface area contributed by atoms with E-state index in [0.717, 1.165) is 19.3 Å². The Balaban J connectivity index is 1.84. The van der Waals surface area contributed by atoms with E-state index < -0.39 is 21.6 Å². The van der Waals surface area contributed by atoms with E-state index in [9.17, 15) is 8.42 Å². The summed E-state index contributed by atoms with van der Waals surface area (Å²) in [7, 11) is -2.24. The van der Waals surface area contributed by atoms with E-state index in [1.807, 2.05) is 13.8 Å². The van der Waals surface area contributed by atoms with Crippen LogP contribution in [0.1, 0.15) is 50.9 Å². The number of hydrogen-bond acceptors (Lipinski definition) is 7. The second kappa shape index (κ2) is 6.98. The minimum Gasteiger partial charge on any atom is -0.497 e. The Morgan fingerprint density at radius 3 is 2.42 bits per heavy atom. The van der Waals surface area contributed by atoms with Crippen molar-refractivity contribution < 1.29 is 17.7 Å². The van der Waals surface area contributed by atoms with Gasteiger partial charge in [0.25, 0.3) is 0 Å². The summed E-state index contributed by atoms with van der Waals surface area (Å²) in [6.07, 6.45) is 2.63. The molecule has 1 aliphatic carbocycles. The number of ether oxygens (including phenoxy) is 1. The first kappa shape index (κ1) is 18.8. The molecule has 142 valence electrons. The van der Waals surface area contributed by atoms with Gasteiger partial charge in [-0.25, -0.2) is 8.42 Å². The van der Waals surface area contributed by atoms with Crippen LogP contribution < -0.4 is 15.2 Å². The molecule has 8 nitrogen and oxygen atoms in total. The van der Waals surface area contributed by atoms with E-state index >= 15 is 0 Å². The summed E-state index contributed by atoms with van der Waals surface area (Å²) >= 11 is 0. The van der Waals surface area contributed by atoms with Crippen molar-refractivity contribution in [3.8, 4) is 5.75 Å². The van der Waals surface area contributed by atoms with Gasteiger partial charge in [-0.3, -0.25) is 0 Å². The standard InChI is InChI=1S/C17H24N4O4S/c1-11(2)14(15-19-16(20-25-15)17(18)9-4-10-17)21-26(22,23)13-7-5-12(24-3)6-8-13/h5-8,11,14,21H,4,9-10,18H2,1-3H3. The summed E-state index contributed by atoms with van der Waals surface area (Å²) in [6.45, 7) is 3.76. The average molecular weight is 380 g/mol. The number of rotatable bonds is 7. The SMILES string of the molecule is COc1ccc(S(=O)(=O)NC(c2nc(C3(N)CCC3)no2)C(C)C)cc1. The molecule has 0 radical (unpaired) electrons. The minimum atomic E-state index is -3.76. The number of nitrogens with zero attached hydrogens (tertiary/aromatic N) is 2. The van der Waals surface area contributed by atoms with Crippen molar-refractivity contribution in [2.45, 2.75) is 49.6 Å². The molecule has 1 saturated carbocycles. The van der Waals surface area contributed by atoms with Gasteiger partial charge in [-0.2, -0.15) is 9.71 Å². The number of methoxy groups -OCH3 is 1. The highest BCUT2D eigenvalue weighted by Crippen LogP contribution is 2.37. The molecular formula is C17H24N4O4S. The van der Waals surface area contributed by atoms with Crippen LogP contribution in [-0.4, -0.2) is 25.7 Å². The average Bonchev–Trinajstić information content (AvgIpc) is 3.07. The lowest BCUT2D eigenvalue weighted by molar-refractivity contribution is 0.227. The van der Waals surface area contributed by atoms with Gasteiger partial charge in [0.2, 0.25) is 15.9 Å².